The monoisotopic (exact) mass is 293 g/mol. The third-order valence-corrected chi connectivity index (χ3v) is 2.54. The lowest BCUT2D eigenvalue weighted by molar-refractivity contribution is -0.299. The summed E-state index contributed by atoms with van der Waals surface area (Å²) in [5, 5.41) is 0. The van der Waals surface area contributed by atoms with E-state index in [-0.39, 0.29) is 12.4 Å². The van der Waals surface area contributed by atoms with Gasteiger partial charge in [-0.3, -0.25) is 0 Å². The van der Waals surface area contributed by atoms with Gasteiger partial charge in [0, 0.05) is 6.54 Å². The molecule has 0 aliphatic rings. The van der Waals surface area contributed by atoms with E-state index >= 15 is 0 Å². The molecule has 0 saturated heterocycles. The first-order chi connectivity index (χ1) is 7.67. The van der Waals surface area contributed by atoms with Crippen LogP contribution in [-0.4, -0.2) is 18.9 Å². The van der Waals surface area contributed by atoms with E-state index in [0.717, 1.165) is 24.3 Å². The van der Waals surface area contributed by atoms with E-state index in [2.05, 4.69) is 0 Å². The average Bonchev–Trinajstić information content (AvgIpc) is 2.16. The zero-order chi connectivity index (χ0) is 13.3. The predicted molar refractivity (Wildman–Crippen MR) is 56.5 cm³/mol. The van der Waals surface area contributed by atoms with Gasteiger partial charge in [-0.15, -0.1) is 12.4 Å². The smallest absolute Gasteiger partial charge is 0.329 e. The summed E-state index contributed by atoms with van der Waals surface area (Å²) >= 11 is 0. The zero-order valence-electron chi connectivity index (χ0n) is 8.85. The maximum Gasteiger partial charge on any atom is 0.408 e. The van der Waals surface area contributed by atoms with Gasteiger partial charge in [-0.25, -0.2) is 0 Å². The minimum atomic E-state index is -5.50. The van der Waals surface area contributed by atoms with Crippen LogP contribution in [0.25, 0.3) is 0 Å². The second kappa shape index (κ2) is 5.36. The van der Waals surface area contributed by atoms with Crippen LogP contribution in [0.5, 0.6) is 0 Å². The van der Waals surface area contributed by atoms with E-state index in [9.17, 15) is 26.3 Å². The molecule has 0 aromatic heterocycles. The minimum Gasteiger partial charge on any atom is -0.329 e. The molecular weight excluding hydrogens is 284 g/mol. The van der Waals surface area contributed by atoms with Crippen LogP contribution < -0.4 is 5.73 Å². The lowest BCUT2D eigenvalue weighted by Gasteiger charge is -2.36. The van der Waals surface area contributed by atoms with Crippen molar-refractivity contribution in [1.82, 2.24) is 0 Å². The van der Waals surface area contributed by atoms with Crippen LogP contribution in [-0.2, 0) is 5.41 Å². The van der Waals surface area contributed by atoms with Crippen LogP contribution >= 0.6 is 12.4 Å². The average molecular weight is 294 g/mol. The minimum absolute atomic E-state index is 0. The third kappa shape index (κ3) is 2.56. The fourth-order valence-electron chi connectivity index (χ4n) is 1.56. The van der Waals surface area contributed by atoms with Gasteiger partial charge in [0.15, 0.2) is 5.41 Å². The highest BCUT2D eigenvalue weighted by atomic mass is 35.5. The Hall–Kier alpha value is -0.950. The van der Waals surface area contributed by atoms with Gasteiger partial charge in [0.1, 0.15) is 0 Å². The second-order valence-corrected chi connectivity index (χ2v) is 3.47. The van der Waals surface area contributed by atoms with Crippen molar-refractivity contribution in [2.24, 2.45) is 5.73 Å². The fourth-order valence-corrected chi connectivity index (χ4v) is 1.56. The van der Waals surface area contributed by atoms with Crippen LogP contribution in [0.1, 0.15) is 5.56 Å². The zero-order valence-corrected chi connectivity index (χ0v) is 9.66. The normalized spacial score (nSPS) is 13.1. The molecule has 0 amide bonds. The summed E-state index contributed by atoms with van der Waals surface area (Å²) in [7, 11) is 0. The summed E-state index contributed by atoms with van der Waals surface area (Å²) in [5.74, 6) is 0. The van der Waals surface area contributed by atoms with Crippen molar-refractivity contribution in [3.05, 3.63) is 35.9 Å². The quantitative estimate of drug-likeness (QED) is 0.831. The van der Waals surface area contributed by atoms with Crippen LogP contribution in [0.15, 0.2) is 30.3 Å². The molecule has 0 aliphatic heterocycles. The van der Waals surface area contributed by atoms with Crippen LogP contribution in [0.4, 0.5) is 26.3 Å². The van der Waals surface area contributed by atoms with E-state index in [1.165, 1.54) is 6.07 Å². The number of halogens is 7. The first kappa shape index (κ1) is 17.1. The van der Waals surface area contributed by atoms with E-state index < -0.39 is 29.9 Å². The van der Waals surface area contributed by atoms with Crippen molar-refractivity contribution in [3.8, 4) is 0 Å². The molecule has 0 atom stereocenters. The van der Waals surface area contributed by atoms with Gasteiger partial charge in [-0.1, -0.05) is 30.3 Å². The van der Waals surface area contributed by atoms with Crippen LogP contribution in [0.3, 0.4) is 0 Å². The molecule has 0 heterocycles. The van der Waals surface area contributed by atoms with Gasteiger partial charge in [-0.05, 0) is 5.56 Å². The maximum absolute atomic E-state index is 12.8. The summed E-state index contributed by atoms with van der Waals surface area (Å²) in [5.41, 5.74) is -0.141. The molecule has 1 rings (SSSR count). The van der Waals surface area contributed by atoms with Gasteiger partial charge in [0.2, 0.25) is 0 Å². The molecule has 1 aromatic rings. The first-order valence-electron chi connectivity index (χ1n) is 4.56. The molecule has 0 aliphatic carbocycles. The van der Waals surface area contributed by atoms with Gasteiger partial charge in [0.25, 0.3) is 0 Å². The Morgan fingerprint density at radius 2 is 1.22 bits per heavy atom. The van der Waals surface area contributed by atoms with Gasteiger partial charge in [0.05, 0.1) is 0 Å². The summed E-state index contributed by atoms with van der Waals surface area (Å²) in [4.78, 5) is 0. The standard InChI is InChI=1S/C10H9F6N.ClH/c11-9(12,13)8(6-17,10(14,15)16)7-4-2-1-3-5-7;/h1-5H,6,17H2;1H. The third-order valence-electron chi connectivity index (χ3n) is 2.54. The highest BCUT2D eigenvalue weighted by Gasteiger charge is 2.70. The van der Waals surface area contributed by atoms with E-state index in [1.54, 1.807) is 0 Å². The highest BCUT2D eigenvalue weighted by Crippen LogP contribution is 2.51. The maximum atomic E-state index is 12.8. The van der Waals surface area contributed by atoms with Gasteiger partial charge in [-0.2, -0.15) is 26.3 Å². The molecule has 0 saturated carbocycles. The van der Waals surface area contributed by atoms with Crippen molar-refractivity contribution in [2.75, 3.05) is 6.54 Å². The van der Waals surface area contributed by atoms with Gasteiger partial charge >= 0.3 is 12.4 Å². The molecule has 0 unspecified atom stereocenters. The number of nitrogens with two attached hydrogens (primary N) is 1. The summed E-state index contributed by atoms with van der Waals surface area (Å²) in [6.45, 7) is -1.58. The number of hydrogen-bond donors (Lipinski definition) is 1. The molecule has 1 aromatic carbocycles. The van der Waals surface area contributed by atoms with Crippen molar-refractivity contribution in [1.29, 1.82) is 0 Å². The molecule has 2 N–H and O–H groups in total. The molecule has 8 heteroatoms. The highest BCUT2D eigenvalue weighted by molar-refractivity contribution is 5.85. The number of rotatable bonds is 2. The van der Waals surface area contributed by atoms with Crippen molar-refractivity contribution < 1.29 is 26.3 Å². The van der Waals surface area contributed by atoms with Crippen molar-refractivity contribution >= 4 is 12.4 Å². The molecule has 0 fully saturated rings. The van der Waals surface area contributed by atoms with E-state index in [4.69, 9.17) is 5.73 Å². The molecule has 18 heavy (non-hydrogen) atoms. The Bertz CT molecular complexity index is 358. The van der Waals surface area contributed by atoms with Crippen molar-refractivity contribution in [2.45, 2.75) is 17.8 Å². The lowest BCUT2D eigenvalue weighted by Crippen LogP contribution is -2.58. The molecule has 1 nitrogen and oxygen atoms in total. The number of hydrogen-bond acceptors (Lipinski definition) is 1. The van der Waals surface area contributed by atoms with Crippen molar-refractivity contribution in [3.63, 3.8) is 0 Å². The fraction of sp³-hybridized carbons (Fsp3) is 0.400. The number of benzene rings is 1. The Morgan fingerprint density at radius 3 is 1.50 bits per heavy atom. The molecule has 0 spiro atoms. The molecule has 104 valence electrons. The predicted octanol–water partition coefficient (Wildman–Crippen LogP) is 3.43. The summed E-state index contributed by atoms with van der Waals surface area (Å²) in [6, 6.07) is 5.09. The van der Waals surface area contributed by atoms with E-state index in [1.807, 2.05) is 0 Å². The number of alkyl halides is 6. The van der Waals surface area contributed by atoms with Crippen LogP contribution in [0, 0.1) is 0 Å². The Morgan fingerprint density at radius 1 is 0.833 bits per heavy atom. The first-order valence-corrected chi connectivity index (χ1v) is 4.56. The molecule has 0 radical (unpaired) electrons. The van der Waals surface area contributed by atoms with Crippen LogP contribution in [0.2, 0.25) is 0 Å². The Kier molecular flexibility index (Phi) is 5.07. The largest absolute Gasteiger partial charge is 0.408 e. The molecule has 0 bridgehead atoms. The van der Waals surface area contributed by atoms with Gasteiger partial charge < -0.3 is 5.73 Å². The SMILES string of the molecule is Cl.NCC(c1ccccc1)(C(F)(F)F)C(F)(F)F. The summed E-state index contributed by atoms with van der Waals surface area (Å²) in [6.07, 6.45) is -11.0. The second-order valence-electron chi connectivity index (χ2n) is 3.47. The Balaban J connectivity index is 0.00000289. The lowest BCUT2D eigenvalue weighted by atomic mass is 9.79. The summed E-state index contributed by atoms with van der Waals surface area (Å²) < 4.78 is 76.5. The van der Waals surface area contributed by atoms with E-state index in [0.29, 0.717) is 0 Å². The Labute approximate surface area is 105 Å². The molecular formula is C10H10ClF6N. The topological polar surface area (TPSA) is 26.0 Å².